The third-order valence-corrected chi connectivity index (χ3v) is 3.41. The summed E-state index contributed by atoms with van der Waals surface area (Å²) in [7, 11) is 0. The Morgan fingerprint density at radius 2 is 2.24 bits per heavy atom. The first-order valence-corrected chi connectivity index (χ1v) is 6.15. The molecule has 0 heterocycles. The average Bonchev–Trinajstić information content (AvgIpc) is 2.65. The minimum atomic E-state index is -0.240. The molecule has 1 aromatic rings. The van der Waals surface area contributed by atoms with Crippen LogP contribution in [0.3, 0.4) is 0 Å². The maximum Gasteiger partial charge on any atom is 0.330 e. The molecule has 2 nitrogen and oxygen atoms in total. The highest BCUT2D eigenvalue weighted by Gasteiger charge is 2.26. The highest BCUT2D eigenvalue weighted by Crippen LogP contribution is 2.37. The second-order valence-corrected chi connectivity index (χ2v) is 4.47. The molecule has 0 spiro atoms. The van der Waals surface area contributed by atoms with Crippen LogP contribution >= 0.6 is 0 Å². The summed E-state index contributed by atoms with van der Waals surface area (Å²) < 4.78 is 4.89. The fraction of sp³-hybridized carbons (Fsp3) is 0.400. The third-order valence-electron chi connectivity index (χ3n) is 3.41. The van der Waals surface area contributed by atoms with Crippen LogP contribution in [0, 0.1) is 5.92 Å². The maximum absolute atomic E-state index is 11.3. The molecule has 0 N–H and O–H groups in total. The summed E-state index contributed by atoms with van der Waals surface area (Å²) in [6.07, 6.45) is 4.58. The van der Waals surface area contributed by atoms with Gasteiger partial charge in [-0.3, -0.25) is 0 Å². The average molecular weight is 230 g/mol. The van der Waals surface area contributed by atoms with E-state index in [1.54, 1.807) is 6.08 Å². The van der Waals surface area contributed by atoms with Crippen LogP contribution in [-0.4, -0.2) is 12.6 Å². The van der Waals surface area contributed by atoms with Crippen molar-refractivity contribution in [2.24, 2.45) is 5.92 Å². The lowest BCUT2D eigenvalue weighted by Crippen LogP contribution is -2.04. The van der Waals surface area contributed by atoms with Crippen molar-refractivity contribution in [2.45, 2.75) is 26.2 Å². The number of rotatable bonds is 3. The van der Waals surface area contributed by atoms with Gasteiger partial charge in [-0.05, 0) is 36.3 Å². The number of benzene rings is 1. The van der Waals surface area contributed by atoms with Crippen LogP contribution in [0.15, 0.2) is 36.4 Å². The molecule has 0 amide bonds. The Labute approximate surface area is 102 Å². The Morgan fingerprint density at radius 1 is 1.47 bits per heavy atom. The molecule has 0 saturated heterocycles. The number of hydrogen-bond acceptors (Lipinski definition) is 2. The summed E-state index contributed by atoms with van der Waals surface area (Å²) in [5.41, 5.74) is 2.81. The highest BCUT2D eigenvalue weighted by atomic mass is 16.5. The first-order valence-electron chi connectivity index (χ1n) is 6.15. The molecule has 0 radical (unpaired) electrons. The third kappa shape index (κ3) is 2.57. The zero-order chi connectivity index (χ0) is 12.3. The predicted molar refractivity (Wildman–Crippen MR) is 67.8 cm³/mol. The Hall–Kier alpha value is -1.57. The normalized spacial score (nSPS) is 22.7. The van der Waals surface area contributed by atoms with Gasteiger partial charge in [0.2, 0.25) is 0 Å². The van der Waals surface area contributed by atoms with Crippen LogP contribution in [0.25, 0.3) is 0 Å². The fourth-order valence-corrected chi connectivity index (χ4v) is 2.45. The van der Waals surface area contributed by atoms with Gasteiger partial charge in [-0.2, -0.15) is 0 Å². The SMILES string of the molecule is CCOC(=O)/C=C/[C@@H]1Cc2ccccc2[C@H]1C. The van der Waals surface area contributed by atoms with Gasteiger partial charge in [0, 0.05) is 6.08 Å². The zero-order valence-electron chi connectivity index (χ0n) is 10.3. The molecule has 0 aromatic heterocycles. The summed E-state index contributed by atoms with van der Waals surface area (Å²) >= 11 is 0. The number of allylic oxidation sites excluding steroid dienone is 1. The molecule has 0 bridgehead atoms. The fourth-order valence-electron chi connectivity index (χ4n) is 2.45. The van der Waals surface area contributed by atoms with Crippen LogP contribution in [0.4, 0.5) is 0 Å². The molecular formula is C15H18O2. The number of carbonyl (C=O) groups excluding carboxylic acids is 1. The van der Waals surface area contributed by atoms with Crippen molar-refractivity contribution in [3.63, 3.8) is 0 Å². The molecule has 1 aliphatic rings. The molecule has 1 aromatic carbocycles. The van der Waals surface area contributed by atoms with E-state index in [0.29, 0.717) is 18.4 Å². The van der Waals surface area contributed by atoms with E-state index in [0.717, 1.165) is 6.42 Å². The summed E-state index contributed by atoms with van der Waals surface area (Å²) in [6, 6.07) is 8.50. The molecule has 2 rings (SSSR count). The summed E-state index contributed by atoms with van der Waals surface area (Å²) in [5.74, 6) is 0.657. The Balaban J connectivity index is 2.05. The van der Waals surface area contributed by atoms with Crippen molar-refractivity contribution in [2.75, 3.05) is 6.61 Å². The maximum atomic E-state index is 11.3. The second kappa shape index (κ2) is 5.17. The monoisotopic (exact) mass is 230 g/mol. The van der Waals surface area contributed by atoms with E-state index >= 15 is 0 Å². The van der Waals surface area contributed by atoms with Gasteiger partial charge in [0.15, 0.2) is 0 Å². The van der Waals surface area contributed by atoms with Crippen molar-refractivity contribution in [3.8, 4) is 0 Å². The van der Waals surface area contributed by atoms with Crippen molar-refractivity contribution < 1.29 is 9.53 Å². The molecule has 0 unspecified atom stereocenters. The van der Waals surface area contributed by atoms with Crippen molar-refractivity contribution >= 4 is 5.97 Å². The first-order chi connectivity index (χ1) is 8.22. The largest absolute Gasteiger partial charge is 0.463 e. The topological polar surface area (TPSA) is 26.3 Å². The second-order valence-electron chi connectivity index (χ2n) is 4.47. The van der Waals surface area contributed by atoms with Crippen molar-refractivity contribution in [1.29, 1.82) is 0 Å². The summed E-state index contributed by atoms with van der Waals surface area (Å²) in [6.45, 7) is 4.47. The van der Waals surface area contributed by atoms with Crippen LogP contribution in [-0.2, 0) is 16.0 Å². The van der Waals surface area contributed by atoms with E-state index in [2.05, 4.69) is 31.2 Å². The number of carbonyl (C=O) groups is 1. The van der Waals surface area contributed by atoms with Crippen LogP contribution in [0.1, 0.15) is 30.9 Å². The smallest absolute Gasteiger partial charge is 0.330 e. The molecule has 0 fully saturated rings. The zero-order valence-corrected chi connectivity index (χ0v) is 10.3. The molecule has 90 valence electrons. The molecule has 17 heavy (non-hydrogen) atoms. The lowest BCUT2D eigenvalue weighted by molar-refractivity contribution is -0.137. The van der Waals surface area contributed by atoms with E-state index in [4.69, 9.17) is 4.74 Å². The molecule has 2 atom stereocenters. The molecule has 2 heteroatoms. The van der Waals surface area contributed by atoms with Gasteiger partial charge < -0.3 is 4.74 Å². The van der Waals surface area contributed by atoms with E-state index in [9.17, 15) is 4.79 Å². The number of fused-ring (bicyclic) bond motifs is 1. The minimum absolute atomic E-state index is 0.240. The van der Waals surface area contributed by atoms with E-state index < -0.39 is 0 Å². The van der Waals surface area contributed by atoms with Gasteiger partial charge in [0.1, 0.15) is 0 Å². The Morgan fingerprint density at radius 3 is 2.94 bits per heavy atom. The highest BCUT2D eigenvalue weighted by molar-refractivity contribution is 5.81. The Kier molecular flexibility index (Phi) is 3.62. The van der Waals surface area contributed by atoms with Gasteiger partial charge in [0.25, 0.3) is 0 Å². The van der Waals surface area contributed by atoms with Crippen LogP contribution < -0.4 is 0 Å². The van der Waals surface area contributed by atoms with Gasteiger partial charge in [-0.25, -0.2) is 4.79 Å². The Bertz CT molecular complexity index is 434. The molecule has 0 saturated carbocycles. The number of esters is 1. The standard InChI is InChI=1S/C15H18O2/c1-3-17-15(16)9-8-12-10-13-6-4-5-7-14(13)11(12)2/h4-9,11-12H,3,10H2,1-2H3/b9-8+/t11-,12+/m0/s1. The lowest BCUT2D eigenvalue weighted by Gasteiger charge is -2.10. The van der Waals surface area contributed by atoms with Crippen LogP contribution in [0.2, 0.25) is 0 Å². The van der Waals surface area contributed by atoms with E-state index in [1.807, 2.05) is 13.0 Å². The minimum Gasteiger partial charge on any atom is -0.463 e. The summed E-state index contributed by atoms with van der Waals surface area (Å²) in [4.78, 5) is 11.3. The van der Waals surface area contributed by atoms with Crippen molar-refractivity contribution in [1.82, 2.24) is 0 Å². The predicted octanol–water partition coefficient (Wildman–Crippen LogP) is 3.08. The summed E-state index contributed by atoms with van der Waals surface area (Å²) in [5, 5.41) is 0. The van der Waals surface area contributed by atoms with Crippen molar-refractivity contribution in [3.05, 3.63) is 47.5 Å². The van der Waals surface area contributed by atoms with Gasteiger partial charge in [-0.1, -0.05) is 37.3 Å². The quantitative estimate of drug-likeness (QED) is 0.589. The lowest BCUT2D eigenvalue weighted by atomic mass is 9.94. The van der Waals surface area contributed by atoms with Gasteiger partial charge in [0.05, 0.1) is 6.61 Å². The number of hydrogen-bond donors (Lipinski definition) is 0. The molecule has 1 aliphatic carbocycles. The molecular weight excluding hydrogens is 212 g/mol. The van der Waals surface area contributed by atoms with Gasteiger partial charge in [-0.15, -0.1) is 0 Å². The van der Waals surface area contributed by atoms with E-state index in [-0.39, 0.29) is 5.97 Å². The van der Waals surface area contributed by atoms with E-state index in [1.165, 1.54) is 11.1 Å². The first kappa shape index (κ1) is 11.9. The number of ether oxygens (including phenoxy) is 1. The molecule has 0 aliphatic heterocycles. The van der Waals surface area contributed by atoms with Crippen LogP contribution in [0.5, 0.6) is 0 Å². The van der Waals surface area contributed by atoms with Gasteiger partial charge >= 0.3 is 5.97 Å².